The van der Waals surface area contributed by atoms with Crippen LogP contribution < -0.4 is 9.80 Å². The number of nitriles is 1. The molecular weight excluding hydrogens is 492 g/mol. The van der Waals surface area contributed by atoms with Crippen molar-refractivity contribution >= 4 is 17.2 Å². The van der Waals surface area contributed by atoms with E-state index in [9.17, 15) is 5.26 Å². The standard InChI is InChI=1S/C34H38N6/c1-6-31-11-9-13-34(36-31)39-18-19-40(27(4)23-39)28(5)32-21-30(25(2)20-26(32)3)24-37-14-16-38(17-15-37)33-12-8-7-10-29(33)22-35/h1,7-13,20-21,27H,5,14-19,23-24H2,2-4H3. The number of aryl methyl sites for hydroxylation is 2. The van der Waals surface area contributed by atoms with Gasteiger partial charge in [-0.3, -0.25) is 4.90 Å². The van der Waals surface area contributed by atoms with E-state index in [1.165, 1.54) is 22.3 Å². The maximum atomic E-state index is 9.51. The minimum atomic E-state index is 0.297. The summed E-state index contributed by atoms with van der Waals surface area (Å²) in [7, 11) is 0. The third-order valence-electron chi connectivity index (χ3n) is 8.31. The fraction of sp³-hybridized carbons (Fsp3) is 0.353. The predicted octanol–water partition coefficient (Wildman–Crippen LogP) is 5.06. The molecular formula is C34H38N6. The monoisotopic (exact) mass is 530 g/mol. The molecule has 2 fully saturated rings. The average molecular weight is 531 g/mol. The summed E-state index contributed by atoms with van der Waals surface area (Å²) in [5.41, 5.74) is 8.74. The lowest BCUT2D eigenvalue weighted by Crippen LogP contribution is -2.51. The molecule has 6 heteroatoms. The van der Waals surface area contributed by atoms with Gasteiger partial charge in [-0.05, 0) is 67.8 Å². The zero-order valence-corrected chi connectivity index (χ0v) is 23.9. The first-order valence-electron chi connectivity index (χ1n) is 14.1. The van der Waals surface area contributed by atoms with Gasteiger partial charge in [-0.1, -0.05) is 36.8 Å². The van der Waals surface area contributed by atoms with Crippen LogP contribution in [0.15, 0.2) is 61.2 Å². The second-order valence-electron chi connectivity index (χ2n) is 10.9. The van der Waals surface area contributed by atoms with Crippen LogP contribution in [0, 0.1) is 37.5 Å². The smallest absolute Gasteiger partial charge is 0.130 e. The van der Waals surface area contributed by atoms with Crippen molar-refractivity contribution in [1.29, 1.82) is 5.26 Å². The Labute approximate surface area is 239 Å². The van der Waals surface area contributed by atoms with Gasteiger partial charge in [0.25, 0.3) is 0 Å². The molecule has 0 spiro atoms. The van der Waals surface area contributed by atoms with Crippen molar-refractivity contribution in [2.45, 2.75) is 33.4 Å². The average Bonchev–Trinajstić information content (AvgIpc) is 2.98. The van der Waals surface area contributed by atoms with Gasteiger partial charge in [-0.15, -0.1) is 6.42 Å². The van der Waals surface area contributed by atoms with Crippen molar-refractivity contribution < 1.29 is 0 Å². The van der Waals surface area contributed by atoms with Crippen molar-refractivity contribution in [3.63, 3.8) is 0 Å². The Morgan fingerprint density at radius 2 is 1.73 bits per heavy atom. The molecule has 3 aromatic rings. The van der Waals surface area contributed by atoms with E-state index >= 15 is 0 Å². The molecule has 6 nitrogen and oxygen atoms in total. The number of rotatable bonds is 6. The predicted molar refractivity (Wildman–Crippen MR) is 164 cm³/mol. The number of nitrogens with zero attached hydrogens (tertiary/aromatic N) is 6. The van der Waals surface area contributed by atoms with E-state index in [4.69, 9.17) is 6.42 Å². The molecule has 1 atom stereocenters. The Morgan fingerprint density at radius 3 is 2.45 bits per heavy atom. The minimum Gasteiger partial charge on any atom is -0.368 e. The van der Waals surface area contributed by atoms with Crippen molar-refractivity contribution in [1.82, 2.24) is 14.8 Å². The highest BCUT2D eigenvalue weighted by atomic mass is 15.3. The Hall–Kier alpha value is -4.26. The SMILES string of the molecule is C#Cc1cccc(N2CCN(C(=C)c3cc(CN4CCN(c5ccccc5C#N)CC4)c(C)cc3C)C(C)C2)n1. The van der Waals surface area contributed by atoms with E-state index < -0.39 is 0 Å². The number of aromatic nitrogens is 1. The number of terminal acetylenes is 1. The molecule has 2 aliphatic heterocycles. The van der Waals surface area contributed by atoms with Crippen LogP contribution in [0.25, 0.3) is 5.70 Å². The van der Waals surface area contributed by atoms with E-state index in [1.54, 1.807) is 0 Å². The molecule has 0 bridgehead atoms. The number of anilines is 2. The Kier molecular flexibility index (Phi) is 8.10. The summed E-state index contributed by atoms with van der Waals surface area (Å²) in [6.07, 6.45) is 5.57. The highest BCUT2D eigenvalue weighted by molar-refractivity contribution is 5.67. The lowest BCUT2D eigenvalue weighted by molar-refractivity contribution is 0.249. The number of para-hydroxylation sites is 1. The van der Waals surface area contributed by atoms with E-state index in [2.05, 4.69) is 82.1 Å². The van der Waals surface area contributed by atoms with E-state index in [0.717, 1.165) is 75.1 Å². The maximum Gasteiger partial charge on any atom is 0.130 e. The van der Waals surface area contributed by atoms with Crippen LogP contribution in [0.2, 0.25) is 0 Å². The van der Waals surface area contributed by atoms with E-state index in [-0.39, 0.29) is 0 Å². The van der Waals surface area contributed by atoms with Crippen LogP contribution >= 0.6 is 0 Å². The Bertz CT molecular complexity index is 1470. The Morgan fingerprint density at radius 1 is 0.975 bits per heavy atom. The maximum absolute atomic E-state index is 9.51. The third kappa shape index (κ3) is 5.69. The van der Waals surface area contributed by atoms with Crippen LogP contribution in [-0.4, -0.2) is 66.6 Å². The highest BCUT2D eigenvalue weighted by Crippen LogP contribution is 2.30. The lowest BCUT2D eigenvalue weighted by Gasteiger charge is -2.43. The fourth-order valence-electron chi connectivity index (χ4n) is 6.01. The van der Waals surface area contributed by atoms with Crippen molar-refractivity contribution in [2.75, 3.05) is 55.6 Å². The van der Waals surface area contributed by atoms with Crippen LogP contribution in [0.3, 0.4) is 0 Å². The van der Waals surface area contributed by atoms with Crippen LogP contribution in [-0.2, 0) is 6.54 Å². The zero-order chi connectivity index (χ0) is 28.2. The van der Waals surface area contributed by atoms with Gasteiger partial charge in [0.05, 0.1) is 11.3 Å². The number of hydrogen-bond donors (Lipinski definition) is 0. The van der Waals surface area contributed by atoms with Gasteiger partial charge in [0, 0.05) is 69.7 Å². The van der Waals surface area contributed by atoms with Gasteiger partial charge >= 0.3 is 0 Å². The summed E-state index contributed by atoms with van der Waals surface area (Å²) in [4.78, 5) is 14.2. The first-order chi connectivity index (χ1) is 19.4. The van der Waals surface area contributed by atoms with Gasteiger partial charge in [-0.2, -0.15) is 5.26 Å². The first-order valence-corrected chi connectivity index (χ1v) is 14.1. The second-order valence-corrected chi connectivity index (χ2v) is 10.9. The molecule has 1 unspecified atom stereocenters. The molecule has 2 aliphatic rings. The zero-order valence-electron chi connectivity index (χ0n) is 23.9. The number of piperazine rings is 2. The highest BCUT2D eigenvalue weighted by Gasteiger charge is 2.27. The normalized spacial score (nSPS) is 17.8. The van der Waals surface area contributed by atoms with Gasteiger partial charge in [0.2, 0.25) is 0 Å². The van der Waals surface area contributed by atoms with E-state index in [1.807, 2.05) is 36.4 Å². The fourth-order valence-corrected chi connectivity index (χ4v) is 6.01. The topological polar surface area (TPSA) is 49.6 Å². The molecule has 1 aromatic heterocycles. The molecule has 5 rings (SSSR count). The van der Waals surface area contributed by atoms with Crippen LogP contribution in [0.5, 0.6) is 0 Å². The molecule has 0 N–H and O–H groups in total. The van der Waals surface area contributed by atoms with Gasteiger partial charge in [0.15, 0.2) is 0 Å². The molecule has 2 saturated heterocycles. The van der Waals surface area contributed by atoms with E-state index in [0.29, 0.717) is 11.7 Å². The molecule has 0 radical (unpaired) electrons. The molecule has 3 heterocycles. The summed E-state index contributed by atoms with van der Waals surface area (Å²) in [6, 6.07) is 21.1. The Balaban J connectivity index is 1.25. The van der Waals surface area contributed by atoms with Crippen molar-refractivity contribution in [3.05, 3.63) is 94.7 Å². The summed E-state index contributed by atoms with van der Waals surface area (Å²) >= 11 is 0. The van der Waals surface area contributed by atoms with Crippen LogP contribution in [0.4, 0.5) is 11.5 Å². The molecule has 0 amide bonds. The third-order valence-corrected chi connectivity index (χ3v) is 8.31. The summed E-state index contributed by atoms with van der Waals surface area (Å²) in [5, 5.41) is 9.51. The first kappa shape index (κ1) is 27.3. The minimum absolute atomic E-state index is 0.297. The number of hydrogen-bond acceptors (Lipinski definition) is 6. The molecule has 2 aromatic carbocycles. The largest absolute Gasteiger partial charge is 0.368 e. The molecule has 204 valence electrons. The number of benzene rings is 2. The van der Waals surface area contributed by atoms with Crippen molar-refractivity contribution in [3.8, 4) is 18.4 Å². The van der Waals surface area contributed by atoms with Crippen LogP contribution in [0.1, 0.15) is 40.4 Å². The second kappa shape index (κ2) is 11.9. The van der Waals surface area contributed by atoms with Crippen molar-refractivity contribution in [2.24, 2.45) is 0 Å². The van der Waals surface area contributed by atoms with Gasteiger partial charge in [-0.25, -0.2) is 4.98 Å². The van der Waals surface area contributed by atoms with Gasteiger partial charge < -0.3 is 14.7 Å². The molecule has 40 heavy (non-hydrogen) atoms. The number of pyridine rings is 1. The molecule has 0 aliphatic carbocycles. The lowest BCUT2D eigenvalue weighted by atomic mass is 9.96. The summed E-state index contributed by atoms with van der Waals surface area (Å²) < 4.78 is 0. The van der Waals surface area contributed by atoms with Gasteiger partial charge in [0.1, 0.15) is 17.6 Å². The molecule has 0 saturated carbocycles. The quantitative estimate of drug-likeness (QED) is 0.416. The summed E-state index contributed by atoms with van der Waals surface area (Å²) in [6.45, 7) is 18.6. The summed E-state index contributed by atoms with van der Waals surface area (Å²) in [5.74, 6) is 3.59.